The number of ether oxygens (including phenoxy) is 2. The third-order valence-electron chi connectivity index (χ3n) is 4.56. The number of nitrogens with one attached hydrogen (secondary N) is 1. The average molecular weight is 373 g/mol. The van der Waals surface area contributed by atoms with Crippen LogP contribution in [-0.2, 0) is 11.2 Å². The fraction of sp³-hybridized carbons (Fsp3) is 0.0870. The Labute approximate surface area is 162 Å². The SMILES string of the molecule is COc1ccccc1-c1[nH]c2ccc(Oc3ccccc3)cc2c1CC(=O)O. The molecule has 3 aromatic carbocycles. The molecule has 0 aliphatic heterocycles. The number of carbonyl (C=O) groups is 1. The Morgan fingerprint density at radius 1 is 0.964 bits per heavy atom. The third-order valence-corrected chi connectivity index (χ3v) is 4.56. The van der Waals surface area contributed by atoms with E-state index in [1.54, 1.807) is 7.11 Å². The molecular weight excluding hydrogens is 354 g/mol. The maximum absolute atomic E-state index is 11.5. The molecule has 0 unspecified atom stereocenters. The molecule has 1 aromatic heterocycles. The molecule has 5 nitrogen and oxygen atoms in total. The molecule has 4 aromatic rings. The molecule has 0 fully saturated rings. The van der Waals surface area contributed by atoms with Gasteiger partial charge in [-0.05, 0) is 48.0 Å². The second-order valence-corrected chi connectivity index (χ2v) is 6.37. The van der Waals surface area contributed by atoms with Crippen LogP contribution in [0, 0.1) is 0 Å². The lowest BCUT2D eigenvalue weighted by Crippen LogP contribution is -2.01. The Hall–Kier alpha value is -3.73. The summed E-state index contributed by atoms with van der Waals surface area (Å²) in [6.07, 6.45) is -0.109. The van der Waals surface area contributed by atoms with Crippen LogP contribution in [0.2, 0.25) is 0 Å². The first kappa shape index (κ1) is 17.7. The van der Waals surface area contributed by atoms with Crippen molar-refractivity contribution >= 4 is 16.9 Å². The number of carboxylic acid groups (broad SMARTS) is 1. The van der Waals surface area contributed by atoms with Gasteiger partial charge in [0.1, 0.15) is 17.2 Å². The number of hydrogen-bond acceptors (Lipinski definition) is 3. The van der Waals surface area contributed by atoms with Gasteiger partial charge in [0.15, 0.2) is 0 Å². The minimum atomic E-state index is -0.897. The molecule has 1 heterocycles. The summed E-state index contributed by atoms with van der Waals surface area (Å²) in [4.78, 5) is 14.9. The number of aromatic amines is 1. The van der Waals surface area contributed by atoms with E-state index < -0.39 is 5.97 Å². The van der Waals surface area contributed by atoms with Crippen LogP contribution in [0.15, 0.2) is 72.8 Å². The molecule has 0 saturated carbocycles. The number of aliphatic carboxylic acids is 1. The summed E-state index contributed by atoms with van der Waals surface area (Å²) in [5, 5.41) is 10.3. The molecule has 0 aliphatic rings. The molecule has 0 saturated heterocycles. The Kier molecular flexibility index (Phi) is 4.72. The normalized spacial score (nSPS) is 10.8. The van der Waals surface area contributed by atoms with E-state index >= 15 is 0 Å². The lowest BCUT2D eigenvalue weighted by molar-refractivity contribution is -0.136. The van der Waals surface area contributed by atoms with Gasteiger partial charge in [0.2, 0.25) is 0 Å². The van der Waals surface area contributed by atoms with E-state index in [2.05, 4.69) is 4.98 Å². The number of carboxylic acids is 1. The van der Waals surface area contributed by atoms with Crippen LogP contribution in [0.3, 0.4) is 0 Å². The average Bonchev–Trinajstić information content (AvgIpc) is 3.06. The van der Waals surface area contributed by atoms with Gasteiger partial charge in [-0.25, -0.2) is 0 Å². The largest absolute Gasteiger partial charge is 0.496 e. The van der Waals surface area contributed by atoms with Crippen LogP contribution in [-0.4, -0.2) is 23.2 Å². The smallest absolute Gasteiger partial charge is 0.307 e. The minimum Gasteiger partial charge on any atom is -0.496 e. The summed E-state index contributed by atoms with van der Waals surface area (Å²) >= 11 is 0. The molecular formula is C23H19NO4. The van der Waals surface area contributed by atoms with Crippen LogP contribution in [0.5, 0.6) is 17.2 Å². The second kappa shape index (κ2) is 7.48. The first-order valence-corrected chi connectivity index (χ1v) is 8.88. The lowest BCUT2D eigenvalue weighted by Gasteiger charge is -2.09. The van der Waals surface area contributed by atoms with Gasteiger partial charge in [-0.15, -0.1) is 0 Å². The van der Waals surface area contributed by atoms with Gasteiger partial charge < -0.3 is 19.6 Å². The zero-order chi connectivity index (χ0) is 19.5. The van der Waals surface area contributed by atoms with Gasteiger partial charge in [-0.2, -0.15) is 0 Å². The van der Waals surface area contributed by atoms with Crippen molar-refractivity contribution in [1.29, 1.82) is 0 Å². The first-order chi connectivity index (χ1) is 13.7. The summed E-state index contributed by atoms with van der Waals surface area (Å²) in [5.74, 6) is 1.16. The molecule has 4 rings (SSSR count). The number of benzene rings is 3. The van der Waals surface area contributed by atoms with Crippen molar-refractivity contribution in [2.24, 2.45) is 0 Å². The molecule has 28 heavy (non-hydrogen) atoms. The van der Waals surface area contributed by atoms with E-state index in [4.69, 9.17) is 9.47 Å². The van der Waals surface area contributed by atoms with E-state index in [1.807, 2.05) is 72.8 Å². The maximum atomic E-state index is 11.5. The number of rotatable bonds is 6. The Morgan fingerprint density at radius 2 is 1.71 bits per heavy atom. The monoisotopic (exact) mass is 373 g/mol. The predicted molar refractivity (Wildman–Crippen MR) is 108 cm³/mol. The van der Waals surface area contributed by atoms with Crippen molar-refractivity contribution in [2.75, 3.05) is 7.11 Å². The lowest BCUT2D eigenvalue weighted by atomic mass is 10.0. The zero-order valence-corrected chi connectivity index (χ0v) is 15.3. The minimum absolute atomic E-state index is 0.109. The topological polar surface area (TPSA) is 71.5 Å². The predicted octanol–water partition coefficient (Wildman–Crippen LogP) is 5.26. The molecule has 0 amide bonds. The summed E-state index contributed by atoms with van der Waals surface area (Å²) in [6.45, 7) is 0. The Morgan fingerprint density at radius 3 is 2.46 bits per heavy atom. The van der Waals surface area contributed by atoms with Crippen molar-refractivity contribution < 1.29 is 19.4 Å². The number of methoxy groups -OCH3 is 1. The zero-order valence-electron chi connectivity index (χ0n) is 15.3. The van der Waals surface area contributed by atoms with Gasteiger partial charge in [0.05, 0.1) is 19.2 Å². The number of fused-ring (bicyclic) bond motifs is 1. The van der Waals surface area contributed by atoms with E-state index in [-0.39, 0.29) is 6.42 Å². The van der Waals surface area contributed by atoms with Crippen molar-refractivity contribution in [2.45, 2.75) is 6.42 Å². The third kappa shape index (κ3) is 3.42. The number of para-hydroxylation sites is 2. The van der Waals surface area contributed by atoms with Crippen molar-refractivity contribution in [3.05, 3.63) is 78.4 Å². The van der Waals surface area contributed by atoms with Gasteiger partial charge >= 0.3 is 5.97 Å². The fourth-order valence-electron chi connectivity index (χ4n) is 3.33. The van der Waals surface area contributed by atoms with E-state index in [1.165, 1.54) is 0 Å². The van der Waals surface area contributed by atoms with Gasteiger partial charge in [-0.1, -0.05) is 30.3 Å². The summed E-state index contributed by atoms with van der Waals surface area (Å²) in [7, 11) is 1.60. The molecule has 0 radical (unpaired) electrons. The van der Waals surface area contributed by atoms with Gasteiger partial charge in [-0.3, -0.25) is 4.79 Å². The molecule has 0 atom stereocenters. The van der Waals surface area contributed by atoms with Gasteiger partial charge in [0.25, 0.3) is 0 Å². The van der Waals surface area contributed by atoms with Gasteiger partial charge in [0, 0.05) is 16.5 Å². The number of aromatic nitrogens is 1. The van der Waals surface area contributed by atoms with E-state index in [0.717, 1.165) is 27.9 Å². The molecule has 0 aliphatic carbocycles. The standard InChI is InChI=1S/C23H19NO4/c1-27-21-10-6-5-9-17(21)23-19(14-22(25)26)18-13-16(11-12-20(18)24-23)28-15-7-3-2-4-8-15/h2-13,24H,14H2,1H3,(H,25,26). The Balaban J connectivity index is 1.85. The van der Waals surface area contributed by atoms with Crippen LogP contribution in [0.1, 0.15) is 5.56 Å². The van der Waals surface area contributed by atoms with Crippen LogP contribution < -0.4 is 9.47 Å². The van der Waals surface area contributed by atoms with Crippen molar-refractivity contribution in [3.8, 4) is 28.5 Å². The highest BCUT2D eigenvalue weighted by atomic mass is 16.5. The van der Waals surface area contributed by atoms with Crippen LogP contribution >= 0.6 is 0 Å². The molecule has 0 bridgehead atoms. The first-order valence-electron chi connectivity index (χ1n) is 8.88. The molecule has 5 heteroatoms. The summed E-state index contributed by atoms with van der Waals surface area (Å²) in [6, 6.07) is 22.7. The van der Waals surface area contributed by atoms with Crippen molar-refractivity contribution in [1.82, 2.24) is 4.98 Å². The van der Waals surface area contributed by atoms with Crippen LogP contribution in [0.25, 0.3) is 22.2 Å². The highest BCUT2D eigenvalue weighted by molar-refractivity contribution is 5.95. The quantitative estimate of drug-likeness (QED) is 0.483. The van der Waals surface area contributed by atoms with Crippen molar-refractivity contribution in [3.63, 3.8) is 0 Å². The Bertz CT molecular complexity index is 1130. The fourth-order valence-corrected chi connectivity index (χ4v) is 3.33. The molecule has 2 N–H and O–H groups in total. The molecule has 140 valence electrons. The highest BCUT2D eigenvalue weighted by Crippen LogP contribution is 2.37. The summed E-state index contributed by atoms with van der Waals surface area (Å²) in [5.41, 5.74) is 3.11. The maximum Gasteiger partial charge on any atom is 0.307 e. The number of H-pyrrole nitrogens is 1. The highest BCUT2D eigenvalue weighted by Gasteiger charge is 2.19. The van der Waals surface area contributed by atoms with E-state index in [0.29, 0.717) is 17.1 Å². The van der Waals surface area contributed by atoms with Crippen LogP contribution in [0.4, 0.5) is 0 Å². The second-order valence-electron chi connectivity index (χ2n) is 6.37. The van der Waals surface area contributed by atoms with E-state index in [9.17, 15) is 9.90 Å². The summed E-state index contributed by atoms with van der Waals surface area (Å²) < 4.78 is 11.4. The molecule has 0 spiro atoms. The number of hydrogen-bond donors (Lipinski definition) is 2.